The van der Waals surface area contributed by atoms with Gasteiger partial charge in [0.1, 0.15) is 12.1 Å². The number of ether oxygens (including phenoxy) is 2. The molecule has 0 saturated carbocycles. The lowest BCUT2D eigenvalue weighted by Crippen LogP contribution is -2.41. The van der Waals surface area contributed by atoms with Gasteiger partial charge in [-0.15, -0.1) is 0 Å². The highest BCUT2D eigenvalue weighted by molar-refractivity contribution is 6.08. The van der Waals surface area contributed by atoms with Gasteiger partial charge >= 0.3 is 18.0 Å². The normalized spacial score (nSPS) is 15.0. The molecule has 0 unspecified atom stereocenters. The molecule has 0 spiro atoms. The summed E-state index contributed by atoms with van der Waals surface area (Å²) in [7, 11) is 0. The summed E-state index contributed by atoms with van der Waals surface area (Å²) >= 11 is 0. The first kappa shape index (κ1) is 20.9. The third-order valence-corrected chi connectivity index (χ3v) is 3.79. The maximum Gasteiger partial charge on any atom is 0.340 e. The first-order valence-electron chi connectivity index (χ1n) is 8.51. The summed E-state index contributed by atoms with van der Waals surface area (Å²) in [5, 5.41) is 4.88. The highest BCUT2D eigenvalue weighted by atomic mass is 16.5. The quantitative estimate of drug-likeness (QED) is 0.516. The third-order valence-electron chi connectivity index (χ3n) is 3.79. The molecule has 10 heteroatoms. The number of anilines is 1. The van der Waals surface area contributed by atoms with Crippen LogP contribution < -0.4 is 10.6 Å². The molecule has 0 bridgehead atoms. The van der Waals surface area contributed by atoms with Crippen LogP contribution in [0.2, 0.25) is 0 Å². The second kappa shape index (κ2) is 8.51. The van der Waals surface area contributed by atoms with Crippen LogP contribution in [0.1, 0.15) is 31.1 Å². The summed E-state index contributed by atoms with van der Waals surface area (Å²) in [6, 6.07) is 5.51. The molecule has 1 aromatic rings. The zero-order chi connectivity index (χ0) is 20.9. The van der Waals surface area contributed by atoms with Crippen LogP contribution in [0.3, 0.4) is 0 Å². The minimum Gasteiger partial charge on any atom is -0.462 e. The van der Waals surface area contributed by atoms with Crippen LogP contribution in [0.15, 0.2) is 24.3 Å². The molecule has 2 rings (SSSR count). The van der Waals surface area contributed by atoms with Crippen LogP contribution in [0.25, 0.3) is 0 Å². The van der Waals surface area contributed by atoms with Gasteiger partial charge in [0.25, 0.3) is 11.8 Å². The van der Waals surface area contributed by atoms with Crippen molar-refractivity contribution in [3.05, 3.63) is 29.8 Å². The van der Waals surface area contributed by atoms with Gasteiger partial charge in [0.05, 0.1) is 17.9 Å². The fraction of sp³-hybridized carbons (Fsp3) is 0.389. The molecule has 0 atom stereocenters. The Morgan fingerprint density at radius 1 is 1.14 bits per heavy atom. The number of hydrogen-bond donors (Lipinski definition) is 2. The molecule has 1 aliphatic heterocycles. The van der Waals surface area contributed by atoms with Crippen LogP contribution >= 0.6 is 0 Å². The molecule has 2 N–H and O–H groups in total. The van der Waals surface area contributed by atoms with E-state index in [-0.39, 0.29) is 17.9 Å². The van der Waals surface area contributed by atoms with Crippen LogP contribution in [-0.4, -0.2) is 60.0 Å². The lowest BCUT2D eigenvalue weighted by molar-refractivity contribution is -0.150. The number of imide groups is 1. The van der Waals surface area contributed by atoms with Crippen molar-refractivity contribution in [3.8, 4) is 0 Å². The highest BCUT2D eigenvalue weighted by Crippen LogP contribution is 2.17. The van der Waals surface area contributed by atoms with Crippen molar-refractivity contribution in [2.45, 2.75) is 26.3 Å². The molecule has 1 heterocycles. The number of para-hydroxylation sites is 1. The topological polar surface area (TPSA) is 131 Å². The number of nitrogens with one attached hydrogen (secondary N) is 2. The van der Waals surface area contributed by atoms with E-state index in [0.717, 1.165) is 4.90 Å². The summed E-state index contributed by atoms with van der Waals surface area (Å²) in [6.45, 7) is 3.59. The summed E-state index contributed by atoms with van der Waals surface area (Å²) in [5.41, 5.74) is -0.741. The van der Waals surface area contributed by atoms with E-state index in [1.165, 1.54) is 26.0 Å². The number of carbonyl (C=O) groups excluding carboxylic acids is 5. The maximum atomic E-state index is 12.0. The summed E-state index contributed by atoms with van der Waals surface area (Å²) in [4.78, 5) is 60.2. The highest BCUT2D eigenvalue weighted by Gasteiger charge is 2.45. The van der Waals surface area contributed by atoms with E-state index < -0.39 is 48.5 Å². The van der Waals surface area contributed by atoms with Crippen molar-refractivity contribution < 1.29 is 33.4 Å². The Bertz CT molecular complexity index is 819. The average Bonchev–Trinajstić information content (AvgIpc) is 2.82. The monoisotopic (exact) mass is 391 g/mol. The number of amides is 4. The van der Waals surface area contributed by atoms with Gasteiger partial charge in [-0.05, 0) is 32.9 Å². The molecule has 0 aliphatic carbocycles. The maximum absolute atomic E-state index is 12.0. The van der Waals surface area contributed by atoms with E-state index in [1.54, 1.807) is 19.1 Å². The van der Waals surface area contributed by atoms with Gasteiger partial charge in [-0.2, -0.15) is 0 Å². The molecule has 0 aromatic heterocycles. The van der Waals surface area contributed by atoms with Crippen LogP contribution in [-0.2, 0) is 23.9 Å². The Morgan fingerprint density at radius 3 is 2.43 bits per heavy atom. The minimum atomic E-state index is -1.11. The van der Waals surface area contributed by atoms with Gasteiger partial charge in [-0.25, -0.2) is 9.59 Å². The molecule has 0 radical (unpaired) electrons. The van der Waals surface area contributed by atoms with Crippen LogP contribution in [0, 0.1) is 0 Å². The number of hydrogen-bond acceptors (Lipinski definition) is 7. The summed E-state index contributed by atoms with van der Waals surface area (Å²) in [5.74, 6) is -2.78. The molecular weight excluding hydrogens is 370 g/mol. The fourth-order valence-corrected chi connectivity index (χ4v) is 2.45. The number of nitrogens with zero attached hydrogens (tertiary/aromatic N) is 1. The predicted molar refractivity (Wildman–Crippen MR) is 96.3 cm³/mol. The zero-order valence-electron chi connectivity index (χ0n) is 15.7. The molecule has 28 heavy (non-hydrogen) atoms. The smallest absolute Gasteiger partial charge is 0.340 e. The molecule has 1 aromatic carbocycles. The summed E-state index contributed by atoms with van der Waals surface area (Å²) < 4.78 is 9.72. The number of carbonyl (C=O) groups is 5. The second-order valence-corrected chi connectivity index (χ2v) is 6.42. The van der Waals surface area contributed by atoms with E-state index in [2.05, 4.69) is 10.6 Å². The predicted octanol–water partition coefficient (Wildman–Crippen LogP) is 0.675. The Hall–Kier alpha value is -3.43. The molecule has 10 nitrogen and oxygen atoms in total. The second-order valence-electron chi connectivity index (χ2n) is 6.42. The third kappa shape index (κ3) is 4.84. The van der Waals surface area contributed by atoms with Crippen LogP contribution in [0.4, 0.5) is 10.5 Å². The van der Waals surface area contributed by atoms with Crippen molar-refractivity contribution in [2.24, 2.45) is 0 Å². The van der Waals surface area contributed by atoms with Gasteiger partial charge < -0.3 is 20.1 Å². The van der Waals surface area contributed by atoms with Crippen molar-refractivity contribution in [1.29, 1.82) is 0 Å². The van der Waals surface area contributed by atoms with E-state index >= 15 is 0 Å². The van der Waals surface area contributed by atoms with Crippen LogP contribution in [0.5, 0.6) is 0 Å². The minimum absolute atomic E-state index is 0.158. The van der Waals surface area contributed by atoms with Crippen molar-refractivity contribution in [3.63, 3.8) is 0 Å². The first-order chi connectivity index (χ1) is 13.2. The van der Waals surface area contributed by atoms with Gasteiger partial charge in [-0.3, -0.25) is 19.3 Å². The van der Waals surface area contributed by atoms with Gasteiger partial charge in [0.15, 0.2) is 6.61 Å². The van der Waals surface area contributed by atoms with Crippen molar-refractivity contribution >= 4 is 35.5 Å². The Morgan fingerprint density at radius 2 is 1.82 bits per heavy atom. The standard InChI is InChI=1S/C18H21N3O7/c1-4-27-15(24)11-7-5-6-8-12(11)19-13(22)10-28-14(23)9-21-16(25)18(2,3)20-17(21)26/h5-8H,4,9-10H2,1-3H3,(H,19,22)(H,20,26). The molecule has 1 saturated heterocycles. The van der Waals surface area contributed by atoms with E-state index in [9.17, 15) is 24.0 Å². The first-order valence-corrected chi connectivity index (χ1v) is 8.51. The molecular formula is C18H21N3O7. The van der Waals surface area contributed by atoms with Gasteiger partial charge in [0.2, 0.25) is 0 Å². The largest absolute Gasteiger partial charge is 0.462 e. The van der Waals surface area contributed by atoms with Crippen molar-refractivity contribution in [2.75, 3.05) is 25.1 Å². The van der Waals surface area contributed by atoms with E-state index in [0.29, 0.717) is 0 Å². The SMILES string of the molecule is CCOC(=O)c1ccccc1NC(=O)COC(=O)CN1C(=O)NC(C)(C)C1=O. The van der Waals surface area contributed by atoms with E-state index in [1.807, 2.05) is 0 Å². The molecule has 150 valence electrons. The van der Waals surface area contributed by atoms with Gasteiger partial charge in [0, 0.05) is 0 Å². The average molecular weight is 391 g/mol. The van der Waals surface area contributed by atoms with Gasteiger partial charge in [-0.1, -0.05) is 12.1 Å². The van der Waals surface area contributed by atoms with E-state index in [4.69, 9.17) is 9.47 Å². The molecule has 4 amide bonds. The molecule has 1 fully saturated rings. The van der Waals surface area contributed by atoms with Crippen molar-refractivity contribution in [1.82, 2.24) is 10.2 Å². The Kier molecular flexibility index (Phi) is 6.34. The molecule has 1 aliphatic rings. The Labute approximate surface area is 161 Å². The number of urea groups is 1. The summed E-state index contributed by atoms with van der Waals surface area (Å²) in [6.07, 6.45) is 0. The lowest BCUT2D eigenvalue weighted by atomic mass is 10.1. The zero-order valence-corrected chi connectivity index (χ0v) is 15.7. The number of rotatable bonds is 7. The lowest BCUT2D eigenvalue weighted by Gasteiger charge is -2.15. The number of benzene rings is 1. The Balaban J connectivity index is 1.90. The fourth-order valence-electron chi connectivity index (χ4n) is 2.45. The number of esters is 2.